The van der Waals surface area contributed by atoms with Gasteiger partial charge in [0.05, 0.1) is 12.2 Å². The fraction of sp³-hybridized carbons (Fsp3) is 0.914. The van der Waals surface area contributed by atoms with Crippen molar-refractivity contribution in [1.29, 1.82) is 0 Å². The molecule has 0 radical (unpaired) electrons. The molecule has 2 saturated carbocycles. The van der Waals surface area contributed by atoms with Crippen molar-refractivity contribution in [3.05, 3.63) is 11.3 Å². The van der Waals surface area contributed by atoms with E-state index in [1.165, 1.54) is 6.92 Å². The van der Waals surface area contributed by atoms with Crippen LogP contribution in [0.2, 0.25) is 0 Å². The summed E-state index contributed by atoms with van der Waals surface area (Å²) in [6.07, 6.45) is -9.39. The molecule has 11 nitrogen and oxygen atoms in total. The predicted molar refractivity (Wildman–Crippen MR) is 162 cm³/mol. The maximum Gasteiger partial charge on any atom is 0.449 e. The molecular formula is C35H47F6NO10. The van der Waals surface area contributed by atoms with Crippen molar-refractivity contribution >= 4 is 5.91 Å². The number of ether oxygens (including phenoxy) is 5. The van der Waals surface area contributed by atoms with Gasteiger partial charge in [0.2, 0.25) is 23.6 Å². The van der Waals surface area contributed by atoms with Gasteiger partial charge in [0.25, 0.3) is 11.7 Å². The van der Waals surface area contributed by atoms with E-state index < -0.39 is 95.1 Å². The summed E-state index contributed by atoms with van der Waals surface area (Å²) < 4.78 is 118. The van der Waals surface area contributed by atoms with E-state index >= 15 is 13.2 Å². The minimum absolute atomic E-state index is 0.0209. The third kappa shape index (κ3) is 5.25. The zero-order valence-corrected chi connectivity index (χ0v) is 29.8. The summed E-state index contributed by atoms with van der Waals surface area (Å²) in [5.41, 5.74) is -3.39. The lowest BCUT2D eigenvalue weighted by Crippen LogP contribution is -2.76. The number of allylic oxidation sites excluding steroid dienone is 1. The predicted octanol–water partition coefficient (Wildman–Crippen LogP) is 6.71. The first-order valence-corrected chi connectivity index (χ1v) is 18.5. The molecule has 1 amide bonds. The topological polar surface area (TPSA) is 112 Å². The maximum absolute atomic E-state index is 15.2. The molecule has 14 atom stereocenters. The second kappa shape index (κ2) is 12.1. The van der Waals surface area contributed by atoms with E-state index in [9.17, 15) is 18.0 Å². The molecule has 52 heavy (non-hydrogen) atoms. The van der Waals surface area contributed by atoms with Gasteiger partial charge in [0, 0.05) is 43.1 Å². The second-order valence-corrected chi connectivity index (χ2v) is 16.7. The van der Waals surface area contributed by atoms with Crippen LogP contribution in [0.15, 0.2) is 11.3 Å². The molecule has 0 aromatic heterocycles. The fourth-order valence-electron chi connectivity index (χ4n) is 11.0. The third-order valence-electron chi connectivity index (χ3n) is 13.6. The SMILES string of the molecule is C[C@@H]1CC[C@H]2C(C(=O)NCCCO[C@@]3(C(F)(F)F)O[C@@H]4O[C@]5(C)CCC6[C@H](C)CC[C@@H]([C@H]3C)[C@]64OO5)=C(C(F)(F)F)O[C@@H]3O[C@]4(C)CCC1[C@]32OO4. The van der Waals surface area contributed by atoms with Crippen molar-refractivity contribution < 1.29 is 74.4 Å². The lowest BCUT2D eigenvalue weighted by Gasteiger charge is -2.62. The summed E-state index contributed by atoms with van der Waals surface area (Å²) in [6, 6.07) is 0. The van der Waals surface area contributed by atoms with Crippen LogP contribution in [0.5, 0.6) is 0 Å². The highest BCUT2D eigenvalue weighted by Crippen LogP contribution is 2.65. The molecule has 0 aromatic carbocycles. The zero-order chi connectivity index (χ0) is 37.3. The van der Waals surface area contributed by atoms with Gasteiger partial charge < -0.3 is 29.0 Å². The highest BCUT2D eigenvalue weighted by atomic mass is 19.4. The molecule has 7 saturated heterocycles. The van der Waals surface area contributed by atoms with Crippen molar-refractivity contribution in [2.24, 2.45) is 41.4 Å². The number of hydrogen-bond donors (Lipinski definition) is 1. The molecule has 1 N–H and O–H groups in total. The van der Waals surface area contributed by atoms with Gasteiger partial charge in [-0.15, -0.1) is 0 Å². The summed E-state index contributed by atoms with van der Waals surface area (Å²) >= 11 is 0. The minimum Gasteiger partial charge on any atom is -0.456 e. The van der Waals surface area contributed by atoms with Crippen LogP contribution in [0.3, 0.4) is 0 Å². The Bertz CT molecular complexity index is 1480. The van der Waals surface area contributed by atoms with Crippen LogP contribution >= 0.6 is 0 Å². The molecule has 2 aliphatic carbocycles. The summed E-state index contributed by atoms with van der Waals surface area (Å²) in [7, 11) is 0. The average Bonchev–Trinajstić information content (AvgIpc) is 3.44. The number of rotatable bonds is 6. The van der Waals surface area contributed by atoms with Crippen molar-refractivity contribution in [1.82, 2.24) is 5.32 Å². The Morgan fingerprint density at radius 2 is 1.37 bits per heavy atom. The molecule has 9 fully saturated rings. The molecule has 4 bridgehead atoms. The number of hydrogen-bond acceptors (Lipinski definition) is 10. The standard InChI is InChI=1S/C35H47F6NO10/c1-17-7-9-22-19(3)33(35(39,40)41,48-28-31(22)20(17)11-14-30(5,47-28)50-51-31)44-16-6-15-42-26(43)24-23-10-8-18(2)21-12-13-29(4)46-27(32(21,23)52-49-29)45-25(24)34(36,37)38/h17-23,27-28H,6-16H2,1-5H3,(H,42,43)/t17-,18-,19-,20?,21?,22+,23+,27-,28+,29+,30+,31-,32-,33-/m1/s1. The molecule has 2 unspecified atom stereocenters. The molecule has 8 aliphatic heterocycles. The van der Waals surface area contributed by atoms with E-state index in [1.54, 1.807) is 13.8 Å². The van der Waals surface area contributed by atoms with Crippen molar-refractivity contribution in [3.8, 4) is 0 Å². The van der Waals surface area contributed by atoms with E-state index in [4.69, 9.17) is 43.2 Å². The monoisotopic (exact) mass is 755 g/mol. The third-order valence-corrected chi connectivity index (χ3v) is 13.6. The number of halogens is 6. The minimum atomic E-state index is -5.04. The van der Waals surface area contributed by atoms with E-state index in [-0.39, 0.29) is 43.1 Å². The van der Waals surface area contributed by atoms with Gasteiger partial charge in [-0.2, -0.15) is 26.3 Å². The quantitative estimate of drug-likeness (QED) is 0.178. The highest BCUT2D eigenvalue weighted by Gasteiger charge is 2.77. The highest BCUT2D eigenvalue weighted by molar-refractivity contribution is 5.95. The number of carbonyl (C=O) groups excluding carboxylic acids is 1. The van der Waals surface area contributed by atoms with Crippen LogP contribution in [-0.4, -0.2) is 72.6 Å². The van der Waals surface area contributed by atoms with E-state index in [1.807, 2.05) is 13.8 Å². The molecular weight excluding hydrogens is 708 g/mol. The number of nitrogens with one attached hydrogen (secondary N) is 1. The number of fused-ring (bicyclic) bond motifs is 4. The van der Waals surface area contributed by atoms with Crippen LogP contribution in [0.1, 0.15) is 92.4 Å². The number of alkyl halides is 6. The Kier molecular flexibility index (Phi) is 8.68. The summed E-state index contributed by atoms with van der Waals surface area (Å²) in [5, 5.41) is 2.48. The number of carbonyl (C=O) groups is 1. The van der Waals surface area contributed by atoms with Gasteiger partial charge in [0.15, 0.2) is 17.5 Å². The van der Waals surface area contributed by atoms with E-state index in [2.05, 4.69) is 5.32 Å². The van der Waals surface area contributed by atoms with Crippen molar-refractivity contribution in [3.63, 3.8) is 0 Å². The van der Waals surface area contributed by atoms with Gasteiger partial charge in [-0.1, -0.05) is 20.8 Å². The first kappa shape index (κ1) is 37.2. The summed E-state index contributed by atoms with van der Waals surface area (Å²) in [4.78, 5) is 37.0. The first-order valence-electron chi connectivity index (χ1n) is 18.5. The van der Waals surface area contributed by atoms with Crippen LogP contribution < -0.4 is 5.32 Å². The van der Waals surface area contributed by atoms with Gasteiger partial charge in [-0.05, 0) is 76.5 Å². The molecule has 17 heteroatoms. The van der Waals surface area contributed by atoms with Crippen LogP contribution in [0.4, 0.5) is 26.3 Å². The van der Waals surface area contributed by atoms with Crippen molar-refractivity contribution in [2.75, 3.05) is 13.2 Å². The van der Waals surface area contributed by atoms with E-state index in [0.717, 1.165) is 0 Å². The Balaban J connectivity index is 1.00. The fourth-order valence-corrected chi connectivity index (χ4v) is 11.0. The molecule has 0 aromatic rings. The summed E-state index contributed by atoms with van der Waals surface area (Å²) in [5.74, 6) is -11.6. The Morgan fingerprint density at radius 1 is 0.769 bits per heavy atom. The van der Waals surface area contributed by atoms with Crippen LogP contribution in [0.25, 0.3) is 0 Å². The van der Waals surface area contributed by atoms with Gasteiger partial charge in [-0.3, -0.25) is 4.79 Å². The summed E-state index contributed by atoms with van der Waals surface area (Å²) in [6.45, 7) is 7.80. The van der Waals surface area contributed by atoms with Gasteiger partial charge in [-0.25, -0.2) is 19.6 Å². The maximum atomic E-state index is 15.2. The number of amides is 1. The molecule has 2 spiro atoms. The Hall–Kier alpha value is -1.73. The first-order chi connectivity index (χ1) is 24.3. The second-order valence-electron chi connectivity index (χ2n) is 16.7. The molecule has 10 aliphatic rings. The van der Waals surface area contributed by atoms with Crippen molar-refractivity contribution in [2.45, 2.75) is 146 Å². The van der Waals surface area contributed by atoms with E-state index in [0.29, 0.717) is 44.9 Å². The molecule has 10 rings (SSSR count). The van der Waals surface area contributed by atoms with Gasteiger partial charge >= 0.3 is 12.4 Å². The lowest BCUT2D eigenvalue weighted by molar-refractivity contribution is -0.598. The average molecular weight is 756 g/mol. The van der Waals surface area contributed by atoms with Crippen LogP contribution in [0, 0.1) is 41.4 Å². The van der Waals surface area contributed by atoms with Crippen LogP contribution in [-0.2, 0) is 48.0 Å². The molecule has 294 valence electrons. The lowest BCUT2D eigenvalue weighted by atomic mass is 9.57. The Labute approximate surface area is 297 Å². The largest absolute Gasteiger partial charge is 0.456 e. The molecule has 8 heterocycles. The van der Waals surface area contributed by atoms with Gasteiger partial charge in [0.1, 0.15) is 0 Å². The Morgan fingerprint density at radius 3 is 2.00 bits per heavy atom. The zero-order valence-electron chi connectivity index (χ0n) is 29.8. The normalized spacial score (nSPS) is 49.7. The smallest absolute Gasteiger partial charge is 0.449 e.